The molecule has 2 aromatic heterocycles. The van der Waals surface area contributed by atoms with Crippen LogP contribution in [0.1, 0.15) is 24.0 Å². The summed E-state index contributed by atoms with van der Waals surface area (Å²) in [6, 6.07) is 2.02. The molecule has 6 heteroatoms. The molecule has 0 aliphatic carbocycles. The Kier molecular flexibility index (Phi) is 4.24. The second-order valence-electron chi connectivity index (χ2n) is 4.00. The topological polar surface area (TPSA) is 43.6 Å². The number of halogens is 1. The van der Waals surface area contributed by atoms with E-state index < -0.39 is 0 Å². The van der Waals surface area contributed by atoms with Crippen LogP contribution < -0.4 is 0 Å². The van der Waals surface area contributed by atoms with Gasteiger partial charge in [-0.3, -0.25) is 0 Å². The number of nitrogens with zero attached hydrogens (tertiary/aromatic N) is 4. The van der Waals surface area contributed by atoms with E-state index >= 15 is 0 Å². The van der Waals surface area contributed by atoms with E-state index in [9.17, 15) is 0 Å². The van der Waals surface area contributed by atoms with Crippen LogP contribution in [0.25, 0.3) is 0 Å². The van der Waals surface area contributed by atoms with Gasteiger partial charge < -0.3 is 4.57 Å². The van der Waals surface area contributed by atoms with Gasteiger partial charge in [0, 0.05) is 29.9 Å². The molecule has 0 aromatic carbocycles. The van der Waals surface area contributed by atoms with Gasteiger partial charge in [0.2, 0.25) is 5.28 Å². The molecule has 0 aliphatic rings. The molecule has 0 spiro atoms. The maximum Gasteiger partial charge on any atom is 0.202 e. The van der Waals surface area contributed by atoms with Crippen LogP contribution >= 0.6 is 23.4 Å². The monoisotopic (exact) mass is 282 g/mol. The minimum absolute atomic E-state index is 0.505. The van der Waals surface area contributed by atoms with Gasteiger partial charge in [0.05, 0.1) is 6.20 Å². The highest BCUT2D eigenvalue weighted by atomic mass is 35.5. The average molecular weight is 283 g/mol. The standard InChI is InChI=1S/C12H15ClN4S/c1-4-9-5-8(2)15-12(16-9)18-7-10-6-14-11(13)17(10)3/h5-6H,4,7H2,1-3H3. The van der Waals surface area contributed by atoms with Gasteiger partial charge in [0.25, 0.3) is 0 Å². The molecule has 0 bridgehead atoms. The molecule has 2 aromatic rings. The van der Waals surface area contributed by atoms with Gasteiger partial charge in [0.15, 0.2) is 5.16 Å². The molecule has 0 saturated heterocycles. The third-order valence-electron chi connectivity index (χ3n) is 2.63. The van der Waals surface area contributed by atoms with E-state index in [1.165, 1.54) is 0 Å². The number of aromatic nitrogens is 4. The summed E-state index contributed by atoms with van der Waals surface area (Å²) >= 11 is 7.50. The quantitative estimate of drug-likeness (QED) is 0.639. The van der Waals surface area contributed by atoms with Gasteiger partial charge in [-0.25, -0.2) is 15.0 Å². The molecular weight excluding hydrogens is 268 g/mol. The van der Waals surface area contributed by atoms with Gasteiger partial charge >= 0.3 is 0 Å². The third kappa shape index (κ3) is 3.03. The van der Waals surface area contributed by atoms with Crippen LogP contribution in [0.15, 0.2) is 17.4 Å². The van der Waals surface area contributed by atoms with Crippen LogP contribution in [-0.2, 0) is 19.2 Å². The summed E-state index contributed by atoms with van der Waals surface area (Å²) in [4.78, 5) is 13.0. The van der Waals surface area contributed by atoms with Gasteiger partial charge in [-0.2, -0.15) is 0 Å². The Morgan fingerprint density at radius 3 is 2.78 bits per heavy atom. The largest absolute Gasteiger partial charge is 0.321 e. The molecule has 2 heterocycles. The number of hydrogen-bond donors (Lipinski definition) is 0. The number of rotatable bonds is 4. The van der Waals surface area contributed by atoms with Crippen LogP contribution in [0.2, 0.25) is 5.28 Å². The number of thioether (sulfide) groups is 1. The maximum atomic E-state index is 5.90. The molecule has 18 heavy (non-hydrogen) atoms. The summed E-state index contributed by atoms with van der Waals surface area (Å²) in [6.07, 6.45) is 2.71. The van der Waals surface area contributed by atoms with Gasteiger partial charge in [-0.15, -0.1) is 0 Å². The van der Waals surface area contributed by atoms with Crippen molar-refractivity contribution in [2.24, 2.45) is 7.05 Å². The van der Waals surface area contributed by atoms with Crippen molar-refractivity contribution in [3.8, 4) is 0 Å². The van der Waals surface area contributed by atoms with Crippen LogP contribution in [0.5, 0.6) is 0 Å². The first-order valence-electron chi connectivity index (χ1n) is 5.73. The lowest BCUT2D eigenvalue weighted by molar-refractivity contribution is 0.853. The minimum Gasteiger partial charge on any atom is -0.321 e. The van der Waals surface area contributed by atoms with E-state index in [-0.39, 0.29) is 0 Å². The number of hydrogen-bond acceptors (Lipinski definition) is 4. The normalized spacial score (nSPS) is 10.9. The smallest absolute Gasteiger partial charge is 0.202 e. The molecule has 2 rings (SSSR count). The second kappa shape index (κ2) is 5.71. The molecule has 0 N–H and O–H groups in total. The van der Waals surface area contributed by atoms with Crippen molar-refractivity contribution in [3.63, 3.8) is 0 Å². The van der Waals surface area contributed by atoms with E-state index in [1.807, 2.05) is 24.6 Å². The first-order chi connectivity index (χ1) is 8.60. The van der Waals surface area contributed by atoms with Crippen LogP contribution in [0.4, 0.5) is 0 Å². The lowest BCUT2D eigenvalue weighted by Crippen LogP contribution is -1.98. The van der Waals surface area contributed by atoms with Crippen molar-refractivity contribution in [2.75, 3.05) is 0 Å². The van der Waals surface area contributed by atoms with Crippen molar-refractivity contribution in [2.45, 2.75) is 31.2 Å². The first kappa shape index (κ1) is 13.4. The molecule has 4 nitrogen and oxygen atoms in total. The minimum atomic E-state index is 0.505. The van der Waals surface area contributed by atoms with E-state index in [2.05, 4.69) is 21.9 Å². The van der Waals surface area contributed by atoms with Gasteiger partial charge in [-0.1, -0.05) is 18.7 Å². The zero-order valence-electron chi connectivity index (χ0n) is 10.6. The van der Waals surface area contributed by atoms with Crippen molar-refractivity contribution in [1.29, 1.82) is 0 Å². The average Bonchev–Trinajstić information content (AvgIpc) is 2.67. The Morgan fingerprint density at radius 2 is 2.17 bits per heavy atom. The molecule has 0 radical (unpaired) electrons. The number of imidazole rings is 1. The van der Waals surface area contributed by atoms with E-state index in [4.69, 9.17) is 11.6 Å². The van der Waals surface area contributed by atoms with E-state index in [0.29, 0.717) is 5.28 Å². The molecule has 0 fully saturated rings. The summed E-state index contributed by atoms with van der Waals surface area (Å²) in [5.74, 6) is 0.767. The maximum absolute atomic E-state index is 5.90. The Balaban J connectivity index is 2.10. The zero-order chi connectivity index (χ0) is 13.1. The van der Waals surface area contributed by atoms with Crippen molar-refractivity contribution >= 4 is 23.4 Å². The number of aryl methyl sites for hydroxylation is 2. The molecule has 0 aliphatic heterocycles. The first-order valence-corrected chi connectivity index (χ1v) is 7.10. The third-order valence-corrected chi connectivity index (χ3v) is 3.86. The SMILES string of the molecule is CCc1cc(C)nc(SCc2cnc(Cl)n2C)n1. The lowest BCUT2D eigenvalue weighted by Gasteiger charge is -2.05. The fraction of sp³-hybridized carbons (Fsp3) is 0.417. The Hall–Kier alpha value is -1.07. The Morgan fingerprint density at radius 1 is 1.39 bits per heavy atom. The van der Waals surface area contributed by atoms with Crippen LogP contribution in [0.3, 0.4) is 0 Å². The Labute approximate surface area is 116 Å². The van der Waals surface area contributed by atoms with Crippen molar-refractivity contribution in [3.05, 3.63) is 34.6 Å². The molecule has 0 unspecified atom stereocenters. The fourth-order valence-electron chi connectivity index (χ4n) is 1.54. The van der Waals surface area contributed by atoms with Crippen molar-refractivity contribution < 1.29 is 0 Å². The fourth-order valence-corrected chi connectivity index (χ4v) is 2.63. The van der Waals surface area contributed by atoms with Gasteiger partial charge in [0.1, 0.15) is 0 Å². The molecule has 0 saturated carbocycles. The van der Waals surface area contributed by atoms with E-state index in [0.717, 1.165) is 34.4 Å². The van der Waals surface area contributed by atoms with Crippen LogP contribution in [-0.4, -0.2) is 19.5 Å². The summed E-state index contributed by atoms with van der Waals surface area (Å²) < 4.78 is 1.87. The highest BCUT2D eigenvalue weighted by Gasteiger charge is 2.07. The molecule has 0 amide bonds. The molecule has 0 atom stereocenters. The van der Waals surface area contributed by atoms with Crippen molar-refractivity contribution in [1.82, 2.24) is 19.5 Å². The predicted molar refractivity (Wildman–Crippen MR) is 73.9 cm³/mol. The lowest BCUT2D eigenvalue weighted by atomic mass is 10.3. The zero-order valence-corrected chi connectivity index (χ0v) is 12.2. The highest BCUT2D eigenvalue weighted by Crippen LogP contribution is 2.21. The van der Waals surface area contributed by atoms with Crippen LogP contribution in [0, 0.1) is 6.92 Å². The summed E-state index contributed by atoms with van der Waals surface area (Å²) in [5, 5.41) is 1.31. The van der Waals surface area contributed by atoms with Gasteiger partial charge in [-0.05, 0) is 31.0 Å². The second-order valence-corrected chi connectivity index (χ2v) is 5.28. The Bertz CT molecular complexity index is 553. The van der Waals surface area contributed by atoms with E-state index in [1.54, 1.807) is 18.0 Å². The highest BCUT2D eigenvalue weighted by molar-refractivity contribution is 7.98. The molecular formula is C12H15ClN4S. The predicted octanol–water partition coefficient (Wildman–Crippen LogP) is 3.03. The summed E-state index contributed by atoms with van der Waals surface area (Å²) in [6.45, 7) is 4.09. The molecule has 96 valence electrons. The summed E-state index contributed by atoms with van der Waals surface area (Å²) in [7, 11) is 1.90. The summed E-state index contributed by atoms with van der Waals surface area (Å²) in [5.41, 5.74) is 3.15.